The highest BCUT2D eigenvalue weighted by atomic mass is 16.5. The van der Waals surface area contributed by atoms with Crippen molar-refractivity contribution in [1.82, 2.24) is 15.3 Å². The minimum absolute atomic E-state index is 0.104. The van der Waals surface area contributed by atoms with Gasteiger partial charge in [-0.15, -0.1) is 0 Å². The van der Waals surface area contributed by atoms with Crippen LogP contribution in [0.2, 0.25) is 0 Å². The van der Waals surface area contributed by atoms with Crippen molar-refractivity contribution in [3.8, 4) is 0 Å². The van der Waals surface area contributed by atoms with Crippen LogP contribution in [0.5, 0.6) is 0 Å². The SMILES string of the molecule is COCCNCC(=O)Nc1ccnc2ccncc12. The van der Waals surface area contributed by atoms with Crippen molar-refractivity contribution in [2.75, 3.05) is 32.1 Å². The number of carbonyl (C=O) groups excluding carboxylic acids is 1. The third kappa shape index (κ3) is 3.70. The van der Waals surface area contributed by atoms with Crippen LogP contribution in [-0.4, -0.2) is 42.7 Å². The molecule has 0 saturated heterocycles. The van der Waals surface area contributed by atoms with Crippen LogP contribution in [-0.2, 0) is 9.53 Å². The van der Waals surface area contributed by atoms with E-state index in [1.54, 1.807) is 31.8 Å². The fourth-order valence-corrected chi connectivity index (χ4v) is 1.67. The summed E-state index contributed by atoms with van der Waals surface area (Å²) in [6, 6.07) is 3.57. The first-order valence-corrected chi connectivity index (χ1v) is 5.99. The largest absolute Gasteiger partial charge is 0.383 e. The first kappa shape index (κ1) is 13.4. The molecule has 6 heteroatoms. The van der Waals surface area contributed by atoms with E-state index in [4.69, 9.17) is 4.74 Å². The Bertz CT molecular complexity index is 554. The van der Waals surface area contributed by atoms with Gasteiger partial charge in [0.2, 0.25) is 5.91 Å². The summed E-state index contributed by atoms with van der Waals surface area (Å²) in [5, 5.41) is 6.65. The predicted molar refractivity (Wildman–Crippen MR) is 72.9 cm³/mol. The first-order chi connectivity index (χ1) is 9.31. The van der Waals surface area contributed by atoms with Crippen molar-refractivity contribution < 1.29 is 9.53 Å². The van der Waals surface area contributed by atoms with E-state index >= 15 is 0 Å². The quantitative estimate of drug-likeness (QED) is 0.751. The molecule has 2 aromatic heterocycles. The predicted octanol–water partition coefficient (Wildman–Crippen LogP) is 0.804. The summed E-state index contributed by atoms with van der Waals surface area (Å²) in [6.07, 6.45) is 5.03. The molecule has 2 aromatic rings. The van der Waals surface area contributed by atoms with Crippen LogP contribution in [0.1, 0.15) is 0 Å². The van der Waals surface area contributed by atoms with Gasteiger partial charge < -0.3 is 15.4 Å². The molecule has 0 aromatic carbocycles. The van der Waals surface area contributed by atoms with Gasteiger partial charge in [-0.05, 0) is 12.1 Å². The van der Waals surface area contributed by atoms with Gasteiger partial charge >= 0.3 is 0 Å². The number of hydrogen-bond acceptors (Lipinski definition) is 5. The van der Waals surface area contributed by atoms with E-state index in [2.05, 4.69) is 20.6 Å². The molecule has 0 aliphatic carbocycles. The molecule has 0 unspecified atom stereocenters. The fraction of sp³-hybridized carbons (Fsp3) is 0.308. The maximum atomic E-state index is 11.8. The third-order valence-electron chi connectivity index (χ3n) is 2.59. The molecule has 0 spiro atoms. The number of nitrogens with zero attached hydrogens (tertiary/aromatic N) is 2. The second-order valence-corrected chi connectivity index (χ2v) is 3.97. The molecular weight excluding hydrogens is 244 g/mol. The van der Waals surface area contributed by atoms with Crippen LogP contribution >= 0.6 is 0 Å². The molecule has 1 amide bonds. The number of fused-ring (bicyclic) bond motifs is 1. The number of amides is 1. The van der Waals surface area contributed by atoms with Gasteiger partial charge in [-0.25, -0.2) is 0 Å². The third-order valence-corrected chi connectivity index (χ3v) is 2.59. The lowest BCUT2D eigenvalue weighted by Gasteiger charge is -2.08. The highest BCUT2D eigenvalue weighted by Crippen LogP contribution is 2.19. The molecule has 2 N–H and O–H groups in total. The van der Waals surface area contributed by atoms with Gasteiger partial charge in [-0.2, -0.15) is 0 Å². The molecule has 100 valence electrons. The number of nitrogens with one attached hydrogen (secondary N) is 2. The monoisotopic (exact) mass is 260 g/mol. The summed E-state index contributed by atoms with van der Waals surface area (Å²) >= 11 is 0. The van der Waals surface area contributed by atoms with Crippen molar-refractivity contribution >= 4 is 22.5 Å². The van der Waals surface area contributed by atoms with E-state index < -0.39 is 0 Å². The summed E-state index contributed by atoms with van der Waals surface area (Å²) < 4.78 is 4.89. The van der Waals surface area contributed by atoms with Crippen molar-refractivity contribution in [2.24, 2.45) is 0 Å². The zero-order valence-electron chi connectivity index (χ0n) is 10.7. The van der Waals surface area contributed by atoms with Crippen LogP contribution in [0.3, 0.4) is 0 Å². The maximum Gasteiger partial charge on any atom is 0.238 e. The van der Waals surface area contributed by atoms with Gasteiger partial charge in [-0.3, -0.25) is 14.8 Å². The molecule has 0 aliphatic rings. The summed E-state index contributed by atoms with van der Waals surface area (Å²) in [6.45, 7) is 1.46. The minimum Gasteiger partial charge on any atom is -0.383 e. The molecule has 0 aliphatic heterocycles. The van der Waals surface area contributed by atoms with E-state index in [0.717, 1.165) is 16.6 Å². The van der Waals surface area contributed by atoms with E-state index in [0.29, 0.717) is 13.2 Å². The van der Waals surface area contributed by atoms with E-state index in [1.165, 1.54) is 0 Å². The Balaban J connectivity index is 1.99. The average molecular weight is 260 g/mol. The van der Waals surface area contributed by atoms with Crippen LogP contribution in [0.25, 0.3) is 10.9 Å². The summed E-state index contributed by atoms with van der Waals surface area (Å²) in [5.74, 6) is -0.104. The summed E-state index contributed by atoms with van der Waals surface area (Å²) in [4.78, 5) is 20.0. The van der Waals surface area contributed by atoms with Crippen molar-refractivity contribution in [3.63, 3.8) is 0 Å². The van der Waals surface area contributed by atoms with Crippen molar-refractivity contribution in [1.29, 1.82) is 0 Å². The number of anilines is 1. The van der Waals surface area contributed by atoms with Crippen LogP contribution < -0.4 is 10.6 Å². The van der Waals surface area contributed by atoms with Gasteiger partial charge in [0.1, 0.15) is 0 Å². The minimum atomic E-state index is -0.104. The second kappa shape index (κ2) is 6.77. The molecule has 0 atom stereocenters. The van der Waals surface area contributed by atoms with E-state index in [-0.39, 0.29) is 12.5 Å². The number of pyridine rings is 2. The zero-order valence-corrected chi connectivity index (χ0v) is 10.7. The number of aromatic nitrogens is 2. The van der Waals surface area contributed by atoms with Crippen molar-refractivity contribution in [3.05, 3.63) is 30.7 Å². The normalized spacial score (nSPS) is 10.6. The fourth-order valence-electron chi connectivity index (χ4n) is 1.67. The highest BCUT2D eigenvalue weighted by Gasteiger charge is 2.05. The summed E-state index contributed by atoms with van der Waals surface area (Å²) in [5.41, 5.74) is 1.52. The lowest BCUT2D eigenvalue weighted by Crippen LogP contribution is -2.30. The number of hydrogen-bond donors (Lipinski definition) is 2. The molecule has 0 radical (unpaired) electrons. The Labute approximate surface area is 111 Å². The molecule has 6 nitrogen and oxygen atoms in total. The lowest BCUT2D eigenvalue weighted by atomic mass is 10.2. The molecule has 0 saturated carbocycles. The Morgan fingerprint density at radius 1 is 1.37 bits per heavy atom. The van der Waals surface area contributed by atoms with E-state index in [1.807, 2.05) is 6.07 Å². The number of ether oxygens (including phenoxy) is 1. The number of carbonyl (C=O) groups is 1. The Morgan fingerprint density at radius 2 is 2.26 bits per heavy atom. The number of rotatable bonds is 6. The van der Waals surface area contributed by atoms with E-state index in [9.17, 15) is 4.79 Å². The van der Waals surface area contributed by atoms with Crippen LogP contribution in [0.4, 0.5) is 5.69 Å². The molecule has 0 bridgehead atoms. The molecule has 2 rings (SSSR count). The Morgan fingerprint density at radius 3 is 3.11 bits per heavy atom. The smallest absolute Gasteiger partial charge is 0.238 e. The highest BCUT2D eigenvalue weighted by molar-refractivity contribution is 6.01. The lowest BCUT2D eigenvalue weighted by molar-refractivity contribution is -0.115. The number of methoxy groups -OCH3 is 1. The molecule has 0 fully saturated rings. The van der Waals surface area contributed by atoms with Crippen molar-refractivity contribution in [2.45, 2.75) is 0 Å². The summed E-state index contributed by atoms with van der Waals surface area (Å²) in [7, 11) is 1.62. The van der Waals surface area contributed by atoms with Crippen LogP contribution in [0, 0.1) is 0 Å². The van der Waals surface area contributed by atoms with Gasteiger partial charge in [-0.1, -0.05) is 0 Å². The standard InChI is InChI=1S/C13H16N4O2/c1-19-7-6-15-9-13(18)17-12-3-5-16-11-2-4-14-8-10(11)12/h2-5,8,15H,6-7,9H2,1H3,(H,16,17,18). The van der Waals surface area contributed by atoms with Gasteiger partial charge in [0.25, 0.3) is 0 Å². The topological polar surface area (TPSA) is 76.1 Å². The second-order valence-electron chi connectivity index (χ2n) is 3.97. The average Bonchev–Trinajstić information content (AvgIpc) is 2.44. The Hall–Kier alpha value is -2.05. The van der Waals surface area contributed by atoms with Gasteiger partial charge in [0.15, 0.2) is 0 Å². The van der Waals surface area contributed by atoms with Gasteiger partial charge in [0.05, 0.1) is 24.4 Å². The Kier molecular flexibility index (Phi) is 4.77. The van der Waals surface area contributed by atoms with Gasteiger partial charge in [0, 0.05) is 37.6 Å². The molecule has 2 heterocycles. The maximum absolute atomic E-state index is 11.8. The molecular formula is C13H16N4O2. The zero-order chi connectivity index (χ0) is 13.5. The molecule has 19 heavy (non-hydrogen) atoms. The van der Waals surface area contributed by atoms with Crippen LogP contribution in [0.15, 0.2) is 30.7 Å². The first-order valence-electron chi connectivity index (χ1n) is 5.99.